The fraction of sp³-hybridized carbons (Fsp3) is 0.150. The molecule has 4 rings (SSSR count). The van der Waals surface area contributed by atoms with Crippen molar-refractivity contribution in [3.63, 3.8) is 0 Å². The summed E-state index contributed by atoms with van der Waals surface area (Å²) >= 11 is 0. The number of anilines is 2. The van der Waals surface area contributed by atoms with E-state index in [0.29, 0.717) is 35.2 Å². The molecule has 10 heteroatoms. The van der Waals surface area contributed by atoms with Crippen LogP contribution in [0, 0.1) is 0 Å². The zero-order valence-electron chi connectivity index (χ0n) is 16.2. The quantitative estimate of drug-likeness (QED) is 0.416. The van der Waals surface area contributed by atoms with E-state index in [2.05, 4.69) is 26.4 Å². The minimum absolute atomic E-state index is 0.0811. The molecule has 0 aliphatic carbocycles. The van der Waals surface area contributed by atoms with Gasteiger partial charge in [-0.25, -0.2) is 9.78 Å². The van der Waals surface area contributed by atoms with Crippen LogP contribution >= 0.6 is 0 Å². The number of carboxylic acid groups (broad SMARTS) is 1. The van der Waals surface area contributed by atoms with Gasteiger partial charge in [0.2, 0.25) is 0 Å². The Morgan fingerprint density at radius 2 is 1.83 bits per heavy atom. The Hall–Kier alpha value is -4.05. The summed E-state index contributed by atoms with van der Waals surface area (Å²) in [6, 6.07) is 10.3. The maximum Gasteiger partial charge on any atom is 0.339 e. The van der Waals surface area contributed by atoms with Crippen molar-refractivity contribution in [2.45, 2.75) is 6.92 Å². The minimum Gasteiger partial charge on any atom is -0.496 e. The minimum atomic E-state index is -1.06. The van der Waals surface area contributed by atoms with Crippen LogP contribution in [0.4, 0.5) is 11.5 Å². The third-order valence-corrected chi connectivity index (χ3v) is 4.59. The van der Waals surface area contributed by atoms with E-state index in [4.69, 9.17) is 9.47 Å². The Balaban J connectivity index is 1.79. The molecule has 1 aromatic heterocycles. The van der Waals surface area contributed by atoms with Crippen molar-refractivity contribution in [1.82, 2.24) is 15.5 Å². The van der Waals surface area contributed by atoms with Crippen LogP contribution in [0.2, 0.25) is 0 Å². The number of hydrazine groups is 2. The molecule has 2 heterocycles. The molecule has 0 saturated carbocycles. The first-order valence-corrected chi connectivity index (χ1v) is 9.12. The molecule has 0 saturated heterocycles. The molecule has 1 aliphatic heterocycles. The highest BCUT2D eigenvalue weighted by atomic mass is 16.5. The SMILES string of the molecule is CCOc1cc(-c2ccc(C(=O)O)c(OC)c2)ccc1-c1nc2c(c(=O)[nH]1)NNN2. The number of aromatic carboxylic acids is 1. The number of aromatic amines is 1. The molecular formula is C20H19N5O5. The normalized spacial score (nSPS) is 11.9. The number of carbonyl (C=O) groups is 1. The largest absolute Gasteiger partial charge is 0.496 e. The number of fused-ring (bicyclic) bond motifs is 1. The van der Waals surface area contributed by atoms with Gasteiger partial charge in [0.05, 0.1) is 19.3 Å². The molecule has 10 nitrogen and oxygen atoms in total. The molecule has 3 aromatic rings. The van der Waals surface area contributed by atoms with Crippen LogP contribution in [-0.2, 0) is 0 Å². The molecular weight excluding hydrogens is 390 g/mol. The lowest BCUT2D eigenvalue weighted by Gasteiger charge is -2.13. The van der Waals surface area contributed by atoms with Crippen LogP contribution in [0.3, 0.4) is 0 Å². The standard InChI is InChI=1S/C20H19N5O5/c1-3-30-15-9-11(10-5-7-13(20(27)28)14(8-10)29-2)4-6-12(15)17-21-18-16(19(26)22-17)23-25-24-18/h4-9,23,25H,3H2,1-2H3,(H,27,28)(H2,21,22,24,26). The number of H-pyrrole nitrogens is 1. The fourth-order valence-corrected chi connectivity index (χ4v) is 3.18. The van der Waals surface area contributed by atoms with E-state index < -0.39 is 5.97 Å². The van der Waals surface area contributed by atoms with Gasteiger partial charge in [-0.05, 0) is 42.3 Å². The van der Waals surface area contributed by atoms with Gasteiger partial charge in [-0.15, -0.1) is 5.53 Å². The fourth-order valence-electron chi connectivity index (χ4n) is 3.18. The molecule has 0 unspecified atom stereocenters. The van der Waals surface area contributed by atoms with Crippen LogP contribution in [0.15, 0.2) is 41.2 Å². The highest BCUT2D eigenvalue weighted by molar-refractivity contribution is 5.92. The summed E-state index contributed by atoms with van der Waals surface area (Å²) in [6.07, 6.45) is 0. The van der Waals surface area contributed by atoms with Crippen LogP contribution in [0.5, 0.6) is 11.5 Å². The van der Waals surface area contributed by atoms with Crippen LogP contribution in [0.25, 0.3) is 22.5 Å². The summed E-state index contributed by atoms with van der Waals surface area (Å²) < 4.78 is 11.0. The summed E-state index contributed by atoms with van der Waals surface area (Å²) in [5.41, 5.74) is 10.3. The van der Waals surface area contributed by atoms with Crippen molar-refractivity contribution in [1.29, 1.82) is 0 Å². The van der Waals surface area contributed by atoms with E-state index in [1.807, 2.05) is 19.1 Å². The summed E-state index contributed by atoms with van der Waals surface area (Å²) in [5.74, 6) is 0.462. The van der Waals surface area contributed by atoms with Crippen LogP contribution in [-0.4, -0.2) is 34.8 Å². The van der Waals surface area contributed by atoms with Crippen molar-refractivity contribution in [2.75, 3.05) is 24.6 Å². The average molecular weight is 409 g/mol. The topological polar surface area (TPSA) is 138 Å². The van der Waals surface area contributed by atoms with E-state index >= 15 is 0 Å². The Kier molecular flexibility index (Phi) is 4.98. The van der Waals surface area contributed by atoms with Crippen LogP contribution in [0.1, 0.15) is 17.3 Å². The van der Waals surface area contributed by atoms with Gasteiger partial charge in [0.25, 0.3) is 5.56 Å². The van der Waals surface area contributed by atoms with Gasteiger partial charge in [0.15, 0.2) is 11.5 Å². The number of hydrogen-bond acceptors (Lipinski definition) is 8. The molecule has 5 N–H and O–H groups in total. The van der Waals surface area contributed by atoms with Gasteiger partial charge >= 0.3 is 5.97 Å². The lowest BCUT2D eigenvalue weighted by Crippen LogP contribution is -2.21. The van der Waals surface area contributed by atoms with E-state index in [9.17, 15) is 14.7 Å². The number of rotatable bonds is 6. The lowest BCUT2D eigenvalue weighted by molar-refractivity contribution is 0.0693. The maximum atomic E-state index is 12.3. The van der Waals surface area contributed by atoms with Crippen molar-refractivity contribution < 1.29 is 19.4 Å². The first kappa shape index (κ1) is 19.3. The Morgan fingerprint density at radius 1 is 1.10 bits per heavy atom. The summed E-state index contributed by atoms with van der Waals surface area (Å²) in [5, 5.41) is 9.27. The molecule has 1 aliphatic rings. The van der Waals surface area contributed by atoms with Gasteiger partial charge in [-0.3, -0.25) is 15.6 Å². The first-order chi connectivity index (χ1) is 14.5. The van der Waals surface area contributed by atoms with Gasteiger partial charge in [-0.1, -0.05) is 12.1 Å². The molecule has 30 heavy (non-hydrogen) atoms. The van der Waals surface area contributed by atoms with Gasteiger partial charge in [0, 0.05) is 0 Å². The summed E-state index contributed by atoms with van der Waals surface area (Å²) in [7, 11) is 1.42. The maximum absolute atomic E-state index is 12.3. The average Bonchev–Trinajstić information content (AvgIpc) is 3.22. The number of hydrogen-bond donors (Lipinski definition) is 5. The molecule has 0 bridgehead atoms. The molecule has 0 spiro atoms. The third kappa shape index (κ3) is 3.40. The van der Waals surface area contributed by atoms with Crippen LogP contribution < -0.4 is 31.4 Å². The van der Waals surface area contributed by atoms with E-state index in [1.165, 1.54) is 13.2 Å². The van der Waals surface area contributed by atoms with E-state index in [-0.39, 0.29) is 16.9 Å². The molecule has 0 atom stereocenters. The number of ether oxygens (including phenoxy) is 2. The number of carboxylic acids is 1. The Morgan fingerprint density at radius 3 is 2.53 bits per heavy atom. The molecule has 0 amide bonds. The van der Waals surface area contributed by atoms with E-state index in [1.54, 1.807) is 18.2 Å². The Bertz CT molecular complexity index is 1190. The second-order valence-corrected chi connectivity index (χ2v) is 6.38. The van der Waals surface area contributed by atoms with E-state index in [0.717, 1.165) is 11.1 Å². The van der Waals surface area contributed by atoms with Crippen molar-refractivity contribution in [2.24, 2.45) is 0 Å². The number of nitrogens with one attached hydrogen (secondary N) is 4. The van der Waals surface area contributed by atoms with Crippen molar-refractivity contribution in [3.05, 3.63) is 52.3 Å². The van der Waals surface area contributed by atoms with Gasteiger partial charge in [0.1, 0.15) is 22.9 Å². The third-order valence-electron chi connectivity index (χ3n) is 4.59. The summed E-state index contributed by atoms with van der Waals surface area (Å²) in [6.45, 7) is 2.27. The van der Waals surface area contributed by atoms with Crippen molar-refractivity contribution in [3.8, 4) is 34.0 Å². The lowest BCUT2D eigenvalue weighted by atomic mass is 10.0. The highest BCUT2D eigenvalue weighted by Crippen LogP contribution is 2.35. The predicted molar refractivity (Wildman–Crippen MR) is 111 cm³/mol. The monoisotopic (exact) mass is 409 g/mol. The second kappa shape index (κ2) is 7.76. The molecule has 2 aromatic carbocycles. The van der Waals surface area contributed by atoms with Gasteiger partial charge < -0.3 is 19.6 Å². The number of benzene rings is 2. The Labute approximate surface area is 170 Å². The van der Waals surface area contributed by atoms with Gasteiger partial charge in [-0.2, -0.15) is 0 Å². The molecule has 0 radical (unpaired) electrons. The highest BCUT2D eigenvalue weighted by Gasteiger charge is 2.19. The predicted octanol–water partition coefficient (Wildman–Crippen LogP) is 2.47. The number of aromatic nitrogens is 2. The van der Waals surface area contributed by atoms with Crippen molar-refractivity contribution >= 4 is 17.5 Å². The number of methoxy groups -OCH3 is 1. The zero-order valence-corrected chi connectivity index (χ0v) is 16.2. The zero-order chi connectivity index (χ0) is 21.3. The molecule has 154 valence electrons. The second-order valence-electron chi connectivity index (χ2n) is 6.38. The number of nitrogens with zero attached hydrogens (tertiary/aromatic N) is 1. The smallest absolute Gasteiger partial charge is 0.339 e. The summed E-state index contributed by atoms with van der Waals surface area (Å²) in [4.78, 5) is 30.8. The first-order valence-electron chi connectivity index (χ1n) is 9.12. The molecule has 0 fully saturated rings.